The van der Waals surface area contributed by atoms with Crippen LogP contribution in [0.5, 0.6) is 0 Å². The third-order valence-corrected chi connectivity index (χ3v) is 12.4. The van der Waals surface area contributed by atoms with Crippen molar-refractivity contribution in [2.45, 2.75) is 51.7 Å². The number of nitrogens with two attached hydrogens (primary N) is 2. The number of anilines is 4. The highest BCUT2D eigenvalue weighted by atomic mass is 16.5. The molecule has 2 aromatic carbocycles. The maximum Gasteiger partial charge on any atom is 0.229 e. The van der Waals surface area contributed by atoms with E-state index < -0.39 is 0 Å². The molecule has 6 N–H and O–H groups in total. The second kappa shape index (κ2) is 18.1. The van der Waals surface area contributed by atoms with Crippen molar-refractivity contribution in [1.29, 1.82) is 0 Å². The highest BCUT2D eigenvalue weighted by molar-refractivity contribution is 6.00. The third-order valence-electron chi connectivity index (χ3n) is 12.4. The van der Waals surface area contributed by atoms with Crippen molar-refractivity contribution in [3.8, 4) is 22.5 Å². The predicted octanol–water partition coefficient (Wildman–Crippen LogP) is 7.62. The smallest absolute Gasteiger partial charge is 0.229 e. The van der Waals surface area contributed by atoms with Gasteiger partial charge in [-0.2, -0.15) is 10.2 Å². The number of ether oxygens (including phenoxy) is 2. The van der Waals surface area contributed by atoms with Crippen LogP contribution in [0.4, 0.5) is 23.3 Å². The number of rotatable bonds is 12. The Labute approximate surface area is 381 Å². The van der Waals surface area contributed by atoms with E-state index in [1.54, 1.807) is 36.0 Å². The molecule has 16 nitrogen and oxygen atoms in total. The van der Waals surface area contributed by atoms with E-state index >= 15 is 0 Å². The number of aryl methyl sites for hydroxylation is 4. The molecule has 6 heterocycles. The number of hydrogen-bond acceptors (Lipinski definition) is 12. The number of amides is 2. The average molecular weight is 885 g/mol. The van der Waals surface area contributed by atoms with Crippen molar-refractivity contribution < 1.29 is 19.1 Å². The van der Waals surface area contributed by atoms with Gasteiger partial charge in [-0.15, -0.1) is 0 Å². The Morgan fingerprint density at radius 3 is 1.45 bits per heavy atom. The number of nitrogen functional groups attached to an aromatic ring is 2. The van der Waals surface area contributed by atoms with Crippen LogP contribution in [0.25, 0.3) is 44.1 Å². The average Bonchev–Trinajstić information content (AvgIpc) is 4.19. The van der Waals surface area contributed by atoms with Crippen LogP contribution in [0.15, 0.2) is 97.8 Å². The van der Waals surface area contributed by atoms with Gasteiger partial charge in [0.15, 0.2) is 0 Å². The van der Waals surface area contributed by atoms with E-state index in [1.165, 1.54) is 0 Å². The molecule has 0 radical (unpaired) electrons. The number of aromatic nitrogens is 8. The molecule has 0 spiro atoms. The van der Waals surface area contributed by atoms with E-state index in [9.17, 15) is 9.59 Å². The van der Waals surface area contributed by atoms with Crippen LogP contribution in [0, 0.1) is 25.7 Å². The molecular weight excluding hydrogens is 833 g/mol. The Morgan fingerprint density at radius 1 is 0.652 bits per heavy atom. The number of nitrogens with one attached hydrogen (secondary N) is 2. The van der Waals surface area contributed by atoms with E-state index in [0.29, 0.717) is 36.5 Å². The number of hydrogen-bond donors (Lipinski definition) is 4. The summed E-state index contributed by atoms with van der Waals surface area (Å²) in [6.07, 6.45) is 12.6. The van der Waals surface area contributed by atoms with Gasteiger partial charge in [-0.3, -0.25) is 19.0 Å². The number of pyridine rings is 4. The molecule has 336 valence electrons. The zero-order valence-electron chi connectivity index (χ0n) is 37.7. The molecular formula is C50H52N12O4. The number of methoxy groups -OCH3 is 2. The monoisotopic (exact) mass is 884 g/mol. The molecule has 2 amide bonds. The minimum atomic E-state index is -0.0617. The molecule has 2 fully saturated rings. The predicted molar refractivity (Wildman–Crippen MR) is 255 cm³/mol. The SMILES string of the molecule is COCc1cccc(C)c1-c1cc2cc(NC(=O)[C@@H]3C[C@H]3c3cnn(C)c3)ncc2c(N)n1.COCc1cccc(C)c1-c1cc2cc(NC(=O)[C@H]3C[C@@H]3c3cnn(C)c3)ncc2c(N)n1. The third kappa shape index (κ3) is 9.05. The molecule has 4 atom stereocenters. The lowest BCUT2D eigenvalue weighted by Crippen LogP contribution is -2.15. The summed E-state index contributed by atoms with van der Waals surface area (Å²) in [4.78, 5) is 43.6. The largest absolute Gasteiger partial charge is 0.383 e. The number of carbonyl (C=O) groups is 2. The number of carbonyl (C=O) groups excluding carboxylic acids is 2. The van der Waals surface area contributed by atoms with Crippen LogP contribution in [-0.4, -0.2) is 65.5 Å². The molecule has 66 heavy (non-hydrogen) atoms. The molecule has 8 aromatic rings. The van der Waals surface area contributed by atoms with Crippen molar-refractivity contribution in [3.63, 3.8) is 0 Å². The van der Waals surface area contributed by atoms with Crippen molar-refractivity contribution in [3.05, 3.63) is 131 Å². The molecule has 10 rings (SSSR count). The lowest BCUT2D eigenvalue weighted by atomic mass is 9.98. The van der Waals surface area contributed by atoms with Crippen molar-refractivity contribution in [2.75, 3.05) is 36.3 Å². The first-order valence-electron chi connectivity index (χ1n) is 21.8. The first-order chi connectivity index (χ1) is 31.9. The summed E-state index contributed by atoms with van der Waals surface area (Å²) in [7, 11) is 7.11. The lowest BCUT2D eigenvalue weighted by molar-refractivity contribution is -0.118. The van der Waals surface area contributed by atoms with Gasteiger partial charge in [-0.05, 0) is 107 Å². The summed E-state index contributed by atoms with van der Waals surface area (Å²) in [5, 5.41) is 17.6. The summed E-state index contributed by atoms with van der Waals surface area (Å²) < 4.78 is 14.3. The standard InChI is InChI=1S/2C25H26N6O2/c2*1-14-5-4-6-15(13-33-3)23(14)21-7-16-8-22(27-11-20(16)24(26)29-21)30-25(32)19-9-18(19)17-10-28-31(2)12-17/h2*4-8,10-12,18-19H,9,13H2,1-3H3,(H2,26,29)(H,27,30,32)/t2*18-,19+/m10/s1. The minimum absolute atomic E-state index is 0.0285. The van der Waals surface area contributed by atoms with Gasteiger partial charge in [-0.1, -0.05) is 36.4 Å². The molecule has 2 aliphatic carbocycles. The van der Waals surface area contributed by atoms with Gasteiger partial charge < -0.3 is 31.6 Å². The van der Waals surface area contributed by atoms with Crippen LogP contribution in [0.3, 0.4) is 0 Å². The van der Waals surface area contributed by atoms with Gasteiger partial charge in [-0.25, -0.2) is 19.9 Å². The van der Waals surface area contributed by atoms with Gasteiger partial charge in [0.2, 0.25) is 11.8 Å². The first-order valence-corrected chi connectivity index (χ1v) is 21.8. The van der Waals surface area contributed by atoms with Gasteiger partial charge >= 0.3 is 0 Å². The summed E-state index contributed by atoms with van der Waals surface area (Å²) >= 11 is 0. The lowest BCUT2D eigenvalue weighted by Gasteiger charge is -2.14. The Bertz CT molecular complexity index is 2930. The molecule has 2 saturated carbocycles. The van der Waals surface area contributed by atoms with Crippen LogP contribution in [0.2, 0.25) is 0 Å². The van der Waals surface area contributed by atoms with E-state index in [1.807, 2.05) is 113 Å². The summed E-state index contributed by atoms with van der Waals surface area (Å²) in [6.45, 7) is 5.05. The summed E-state index contributed by atoms with van der Waals surface area (Å²) in [6, 6.07) is 19.8. The number of benzene rings is 2. The summed E-state index contributed by atoms with van der Waals surface area (Å²) in [5.41, 5.74) is 22.6. The molecule has 0 aliphatic heterocycles. The number of nitrogens with zero attached hydrogens (tertiary/aromatic N) is 8. The molecule has 0 unspecified atom stereocenters. The van der Waals surface area contributed by atoms with Crippen molar-refractivity contribution in [1.82, 2.24) is 39.5 Å². The molecule has 2 aliphatic rings. The van der Waals surface area contributed by atoms with Gasteiger partial charge in [0.25, 0.3) is 0 Å². The van der Waals surface area contributed by atoms with Crippen LogP contribution in [0.1, 0.15) is 58.1 Å². The maximum absolute atomic E-state index is 12.8. The van der Waals surface area contributed by atoms with Gasteiger partial charge in [0, 0.05) is 86.8 Å². The fourth-order valence-electron chi connectivity index (χ4n) is 8.89. The van der Waals surface area contributed by atoms with Gasteiger partial charge in [0.05, 0.1) is 37.0 Å². The van der Waals surface area contributed by atoms with Crippen molar-refractivity contribution >= 4 is 56.6 Å². The fraction of sp³-hybridized carbons (Fsp3) is 0.280. The molecule has 16 heteroatoms. The zero-order valence-corrected chi connectivity index (χ0v) is 37.7. The first kappa shape index (κ1) is 43.7. The summed E-state index contributed by atoms with van der Waals surface area (Å²) in [5.74, 6) is 2.05. The normalized spacial score (nSPS) is 17.3. The highest BCUT2D eigenvalue weighted by Gasteiger charge is 2.45. The van der Waals surface area contributed by atoms with Crippen molar-refractivity contribution in [2.24, 2.45) is 25.9 Å². The quantitative estimate of drug-likeness (QED) is 0.0932. The Hall–Kier alpha value is -7.56. The van der Waals surface area contributed by atoms with Crippen LogP contribution >= 0.6 is 0 Å². The topological polar surface area (TPSA) is 216 Å². The van der Waals surface area contributed by atoms with Crippen LogP contribution < -0.4 is 22.1 Å². The van der Waals surface area contributed by atoms with Gasteiger partial charge in [0.1, 0.15) is 23.3 Å². The van der Waals surface area contributed by atoms with E-state index in [-0.39, 0.29) is 35.5 Å². The Morgan fingerprint density at radius 2 is 1.08 bits per heavy atom. The Kier molecular flexibility index (Phi) is 12.0. The molecule has 0 saturated heterocycles. The van der Waals surface area contributed by atoms with Crippen LogP contribution in [-0.2, 0) is 46.4 Å². The second-order valence-corrected chi connectivity index (χ2v) is 17.2. The highest BCUT2D eigenvalue weighted by Crippen LogP contribution is 2.49. The molecule has 6 aromatic heterocycles. The van der Waals surface area contributed by atoms with E-state index in [2.05, 4.69) is 40.8 Å². The second-order valence-electron chi connectivity index (χ2n) is 17.2. The fourth-order valence-corrected chi connectivity index (χ4v) is 8.89. The zero-order chi connectivity index (χ0) is 46.2. The Balaban J connectivity index is 0.000000166. The molecule has 0 bridgehead atoms. The minimum Gasteiger partial charge on any atom is -0.383 e. The van der Waals surface area contributed by atoms with E-state index in [0.717, 1.165) is 90.3 Å². The maximum atomic E-state index is 12.8. The number of fused-ring (bicyclic) bond motifs is 2. The van der Waals surface area contributed by atoms with E-state index in [4.69, 9.17) is 20.9 Å².